The molecule has 21 heavy (non-hydrogen) atoms. The molecule has 1 saturated heterocycles. The monoisotopic (exact) mass is 331 g/mol. The molecule has 1 heterocycles. The number of carbonyl (C=O) groups is 1. The van der Waals surface area contributed by atoms with E-state index < -0.39 is 9.84 Å². The van der Waals surface area contributed by atoms with Gasteiger partial charge in [-0.1, -0.05) is 11.6 Å². The summed E-state index contributed by atoms with van der Waals surface area (Å²) in [5.74, 6) is 0.560. The number of halogens is 1. The number of amides is 1. The first-order valence-electron chi connectivity index (χ1n) is 6.79. The highest BCUT2D eigenvalue weighted by molar-refractivity contribution is 7.91. The van der Waals surface area contributed by atoms with E-state index in [0.717, 1.165) is 0 Å². The Bertz CT molecular complexity index is 600. The minimum Gasteiger partial charge on any atom is -0.484 e. The van der Waals surface area contributed by atoms with Gasteiger partial charge in [-0.05, 0) is 37.6 Å². The third-order valence-electron chi connectivity index (χ3n) is 3.49. The number of likely N-dealkylation sites (N-methyl/N-ethyl adjacent to an activating group) is 1. The Hall–Kier alpha value is -1.27. The average Bonchev–Trinajstić information content (AvgIpc) is 2.79. The third kappa shape index (κ3) is 4.35. The number of ether oxygens (including phenoxy) is 1. The van der Waals surface area contributed by atoms with Gasteiger partial charge in [-0.25, -0.2) is 8.42 Å². The maximum atomic E-state index is 12.2. The molecule has 0 spiro atoms. The van der Waals surface area contributed by atoms with Crippen LogP contribution in [-0.4, -0.2) is 49.9 Å². The van der Waals surface area contributed by atoms with Gasteiger partial charge in [-0.2, -0.15) is 0 Å². The van der Waals surface area contributed by atoms with Crippen molar-refractivity contribution in [2.24, 2.45) is 0 Å². The van der Waals surface area contributed by atoms with Crippen molar-refractivity contribution in [3.63, 3.8) is 0 Å². The molecule has 0 aliphatic carbocycles. The maximum Gasteiger partial charge on any atom is 0.260 e. The molecule has 1 aliphatic rings. The van der Waals surface area contributed by atoms with E-state index in [2.05, 4.69) is 0 Å². The molecule has 116 valence electrons. The van der Waals surface area contributed by atoms with Crippen LogP contribution in [0.4, 0.5) is 0 Å². The van der Waals surface area contributed by atoms with E-state index in [1.165, 1.54) is 0 Å². The standard InChI is InChI=1S/C14H18ClNO4S/c1-2-16(12-7-8-21(18,19)10-12)14(17)9-20-13-5-3-11(15)4-6-13/h3-6,12H,2,7-10H2,1H3/t12-/m1/s1. The molecule has 0 radical (unpaired) electrons. The quantitative estimate of drug-likeness (QED) is 0.824. The molecule has 1 aromatic rings. The summed E-state index contributed by atoms with van der Waals surface area (Å²) in [6.07, 6.45) is 0.503. The first kappa shape index (κ1) is 16.1. The van der Waals surface area contributed by atoms with Gasteiger partial charge in [0.25, 0.3) is 5.91 Å². The van der Waals surface area contributed by atoms with E-state index in [1.807, 2.05) is 6.92 Å². The van der Waals surface area contributed by atoms with Crippen molar-refractivity contribution < 1.29 is 17.9 Å². The van der Waals surface area contributed by atoms with Crippen LogP contribution in [-0.2, 0) is 14.6 Å². The van der Waals surface area contributed by atoms with E-state index in [0.29, 0.717) is 23.7 Å². The second kappa shape index (κ2) is 6.66. The zero-order valence-corrected chi connectivity index (χ0v) is 13.4. The van der Waals surface area contributed by atoms with E-state index in [1.54, 1.807) is 29.2 Å². The minimum atomic E-state index is -3.01. The predicted molar refractivity (Wildman–Crippen MR) is 81.4 cm³/mol. The zero-order chi connectivity index (χ0) is 15.5. The van der Waals surface area contributed by atoms with Gasteiger partial charge in [-0.15, -0.1) is 0 Å². The molecule has 0 bridgehead atoms. The molecule has 0 N–H and O–H groups in total. The molecule has 1 atom stereocenters. The summed E-state index contributed by atoms with van der Waals surface area (Å²) in [5, 5.41) is 0.597. The van der Waals surface area contributed by atoms with Crippen molar-refractivity contribution in [2.45, 2.75) is 19.4 Å². The Morgan fingerprint density at radius 3 is 2.57 bits per heavy atom. The summed E-state index contributed by atoms with van der Waals surface area (Å²) in [6, 6.07) is 6.50. The predicted octanol–water partition coefficient (Wildman–Crippen LogP) is 1.75. The molecule has 1 aliphatic heterocycles. The Kier molecular flexibility index (Phi) is 5.11. The van der Waals surface area contributed by atoms with Crippen molar-refractivity contribution in [1.82, 2.24) is 4.90 Å². The van der Waals surface area contributed by atoms with Crippen LogP contribution in [0.1, 0.15) is 13.3 Å². The van der Waals surface area contributed by atoms with Crippen LogP contribution in [0.3, 0.4) is 0 Å². The van der Waals surface area contributed by atoms with Crippen molar-refractivity contribution >= 4 is 27.3 Å². The molecular weight excluding hydrogens is 314 g/mol. The first-order valence-corrected chi connectivity index (χ1v) is 8.99. The molecule has 2 rings (SSSR count). The minimum absolute atomic E-state index is 0.0491. The van der Waals surface area contributed by atoms with Gasteiger partial charge in [0.05, 0.1) is 11.5 Å². The van der Waals surface area contributed by atoms with Gasteiger partial charge in [0.2, 0.25) is 0 Å². The van der Waals surface area contributed by atoms with Gasteiger partial charge in [0.1, 0.15) is 5.75 Å². The third-order valence-corrected chi connectivity index (χ3v) is 5.49. The van der Waals surface area contributed by atoms with Crippen molar-refractivity contribution in [2.75, 3.05) is 24.7 Å². The fourth-order valence-electron chi connectivity index (χ4n) is 2.42. The van der Waals surface area contributed by atoms with Crippen LogP contribution in [0.25, 0.3) is 0 Å². The lowest BCUT2D eigenvalue weighted by atomic mass is 10.2. The molecule has 7 heteroatoms. The highest BCUT2D eigenvalue weighted by atomic mass is 35.5. The van der Waals surface area contributed by atoms with Crippen LogP contribution < -0.4 is 4.74 Å². The van der Waals surface area contributed by atoms with Crippen molar-refractivity contribution in [3.8, 4) is 5.75 Å². The van der Waals surface area contributed by atoms with Gasteiger partial charge < -0.3 is 9.64 Å². The highest BCUT2D eigenvalue weighted by Crippen LogP contribution is 2.19. The fourth-order valence-corrected chi connectivity index (χ4v) is 4.27. The summed E-state index contributed by atoms with van der Waals surface area (Å²) < 4.78 is 28.4. The normalized spacial score (nSPS) is 20.2. The van der Waals surface area contributed by atoms with Crippen LogP contribution in [0.15, 0.2) is 24.3 Å². The molecule has 0 saturated carbocycles. The molecule has 1 fully saturated rings. The van der Waals surface area contributed by atoms with Gasteiger partial charge in [0, 0.05) is 17.6 Å². The number of sulfone groups is 1. The zero-order valence-electron chi connectivity index (χ0n) is 11.8. The summed E-state index contributed by atoms with van der Waals surface area (Å²) >= 11 is 5.77. The molecule has 5 nitrogen and oxygen atoms in total. The van der Waals surface area contributed by atoms with E-state index >= 15 is 0 Å². The number of hydrogen-bond donors (Lipinski definition) is 0. The average molecular weight is 332 g/mol. The van der Waals surface area contributed by atoms with Crippen molar-refractivity contribution in [1.29, 1.82) is 0 Å². The lowest BCUT2D eigenvalue weighted by Crippen LogP contribution is -2.43. The number of rotatable bonds is 5. The summed E-state index contributed by atoms with van der Waals surface area (Å²) in [5.41, 5.74) is 0. The number of nitrogens with zero attached hydrogens (tertiary/aromatic N) is 1. The second-order valence-electron chi connectivity index (χ2n) is 4.98. The highest BCUT2D eigenvalue weighted by Gasteiger charge is 2.33. The summed E-state index contributed by atoms with van der Waals surface area (Å²) in [4.78, 5) is 13.8. The molecule has 0 aromatic heterocycles. The summed E-state index contributed by atoms with van der Waals surface area (Å²) in [6.45, 7) is 2.21. The number of benzene rings is 1. The fraction of sp³-hybridized carbons (Fsp3) is 0.500. The molecule has 1 amide bonds. The molecule has 1 aromatic carbocycles. The largest absolute Gasteiger partial charge is 0.484 e. The Labute approximate surface area is 129 Å². The number of hydrogen-bond acceptors (Lipinski definition) is 4. The summed E-state index contributed by atoms with van der Waals surface area (Å²) in [7, 11) is -3.01. The second-order valence-corrected chi connectivity index (χ2v) is 7.64. The first-order chi connectivity index (χ1) is 9.91. The van der Waals surface area contributed by atoms with E-state index in [-0.39, 0.29) is 30.1 Å². The Balaban J connectivity index is 1.93. The number of carbonyl (C=O) groups excluding carboxylic acids is 1. The SMILES string of the molecule is CCN(C(=O)COc1ccc(Cl)cc1)[C@@H]1CCS(=O)(=O)C1. The lowest BCUT2D eigenvalue weighted by molar-refractivity contribution is -0.135. The van der Waals surface area contributed by atoms with Crippen LogP contribution >= 0.6 is 11.6 Å². The van der Waals surface area contributed by atoms with E-state index in [4.69, 9.17) is 16.3 Å². The van der Waals surface area contributed by atoms with Crippen LogP contribution in [0.2, 0.25) is 5.02 Å². The topological polar surface area (TPSA) is 63.7 Å². The van der Waals surface area contributed by atoms with Crippen molar-refractivity contribution in [3.05, 3.63) is 29.3 Å². The Morgan fingerprint density at radius 2 is 2.05 bits per heavy atom. The smallest absolute Gasteiger partial charge is 0.260 e. The maximum absolute atomic E-state index is 12.2. The van der Waals surface area contributed by atoms with Gasteiger partial charge in [0.15, 0.2) is 16.4 Å². The molecule has 0 unspecified atom stereocenters. The van der Waals surface area contributed by atoms with Crippen LogP contribution in [0.5, 0.6) is 5.75 Å². The van der Waals surface area contributed by atoms with Crippen LogP contribution in [0, 0.1) is 0 Å². The van der Waals surface area contributed by atoms with Gasteiger partial charge in [-0.3, -0.25) is 4.79 Å². The molecular formula is C14H18ClNO4S. The van der Waals surface area contributed by atoms with E-state index in [9.17, 15) is 13.2 Å². The Morgan fingerprint density at radius 1 is 1.38 bits per heavy atom. The van der Waals surface area contributed by atoms with Gasteiger partial charge >= 0.3 is 0 Å². The lowest BCUT2D eigenvalue weighted by Gasteiger charge is -2.26.